The van der Waals surface area contributed by atoms with Crippen molar-refractivity contribution in [3.63, 3.8) is 0 Å². The highest BCUT2D eigenvalue weighted by molar-refractivity contribution is 5.31. The van der Waals surface area contributed by atoms with Gasteiger partial charge < -0.3 is 14.2 Å². The molecule has 2 atom stereocenters. The van der Waals surface area contributed by atoms with Crippen LogP contribution >= 0.6 is 0 Å². The van der Waals surface area contributed by atoms with Gasteiger partial charge in [0.15, 0.2) is 0 Å². The van der Waals surface area contributed by atoms with Crippen LogP contribution in [-0.2, 0) is 17.8 Å². The summed E-state index contributed by atoms with van der Waals surface area (Å²) in [5, 5.41) is 0. The molecule has 3 heteroatoms. The van der Waals surface area contributed by atoms with Gasteiger partial charge in [-0.1, -0.05) is 68.4 Å². The monoisotopic (exact) mass is 390 g/mol. The van der Waals surface area contributed by atoms with E-state index in [1.165, 1.54) is 5.56 Å². The lowest BCUT2D eigenvalue weighted by Gasteiger charge is -2.21. The summed E-state index contributed by atoms with van der Waals surface area (Å²) in [6, 6.07) is 26.5. The molecule has 0 bridgehead atoms. The van der Waals surface area contributed by atoms with Gasteiger partial charge in [0.25, 0.3) is 0 Å². The van der Waals surface area contributed by atoms with Gasteiger partial charge in [-0.15, -0.1) is 0 Å². The lowest BCUT2D eigenvalue weighted by Crippen LogP contribution is -2.23. The Morgan fingerprint density at radius 3 is 2.21 bits per heavy atom. The van der Waals surface area contributed by atoms with E-state index >= 15 is 0 Å². The molecule has 0 spiro atoms. The smallest absolute Gasteiger partial charge is 0.204 e. The van der Waals surface area contributed by atoms with E-state index < -0.39 is 6.29 Å². The maximum absolute atomic E-state index is 6.22. The van der Waals surface area contributed by atoms with E-state index in [1.807, 2.05) is 48.5 Å². The van der Waals surface area contributed by atoms with Crippen molar-refractivity contribution in [3.8, 4) is 11.5 Å². The minimum atomic E-state index is -0.392. The minimum Gasteiger partial charge on any atom is -0.497 e. The molecule has 3 nitrogen and oxygen atoms in total. The Kier molecular flexibility index (Phi) is 7.71. The van der Waals surface area contributed by atoms with E-state index in [1.54, 1.807) is 7.11 Å². The van der Waals surface area contributed by atoms with E-state index in [2.05, 4.69) is 44.2 Å². The summed E-state index contributed by atoms with van der Waals surface area (Å²) in [6.07, 6.45) is 1.37. The summed E-state index contributed by atoms with van der Waals surface area (Å²) in [5.41, 5.74) is 3.56. The van der Waals surface area contributed by atoms with E-state index in [0.29, 0.717) is 18.9 Å². The van der Waals surface area contributed by atoms with Gasteiger partial charge >= 0.3 is 0 Å². The number of rotatable bonds is 10. The second kappa shape index (κ2) is 10.7. The zero-order valence-corrected chi connectivity index (χ0v) is 17.5. The Bertz CT molecular complexity index is 859. The largest absolute Gasteiger partial charge is 0.497 e. The fourth-order valence-corrected chi connectivity index (χ4v) is 3.15. The van der Waals surface area contributed by atoms with Gasteiger partial charge in [0.2, 0.25) is 6.29 Å². The highest BCUT2D eigenvalue weighted by Crippen LogP contribution is 2.23. The SMILES string of the molecule is CCC(C)c1ccc(OC(Cc2cccc(OC)c2)OCc2ccccc2)cc1. The molecule has 0 aliphatic rings. The highest BCUT2D eigenvalue weighted by atomic mass is 16.7. The second-order valence-corrected chi connectivity index (χ2v) is 7.28. The maximum Gasteiger partial charge on any atom is 0.204 e. The van der Waals surface area contributed by atoms with Crippen LogP contribution in [0.15, 0.2) is 78.9 Å². The molecule has 152 valence electrons. The van der Waals surface area contributed by atoms with Crippen molar-refractivity contribution < 1.29 is 14.2 Å². The van der Waals surface area contributed by atoms with Crippen molar-refractivity contribution in [2.75, 3.05) is 7.11 Å². The first kappa shape index (κ1) is 20.9. The molecule has 0 amide bonds. The minimum absolute atomic E-state index is 0.392. The first-order chi connectivity index (χ1) is 14.2. The van der Waals surface area contributed by atoms with Gasteiger partial charge in [0.1, 0.15) is 11.5 Å². The van der Waals surface area contributed by atoms with Crippen molar-refractivity contribution in [2.45, 2.75) is 45.5 Å². The molecule has 0 N–H and O–H groups in total. The molecule has 0 radical (unpaired) electrons. The van der Waals surface area contributed by atoms with Crippen LogP contribution < -0.4 is 9.47 Å². The predicted octanol–water partition coefficient (Wildman–Crippen LogP) is 6.37. The first-order valence-corrected chi connectivity index (χ1v) is 10.2. The normalized spacial score (nSPS) is 12.9. The number of ether oxygens (including phenoxy) is 3. The summed E-state index contributed by atoms with van der Waals surface area (Å²) in [5.74, 6) is 2.20. The Balaban J connectivity index is 1.72. The number of benzene rings is 3. The Morgan fingerprint density at radius 1 is 0.793 bits per heavy atom. The Labute approximate surface area is 174 Å². The Morgan fingerprint density at radius 2 is 1.52 bits per heavy atom. The molecular formula is C26H30O3. The van der Waals surface area contributed by atoms with Crippen molar-refractivity contribution in [1.82, 2.24) is 0 Å². The molecule has 0 fully saturated rings. The highest BCUT2D eigenvalue weighted by Gasteiger charge is 2.14. The van der Waals surface area contributed by atoms with Gasteiger partial charge in [-0.25, -0.2) is 0 Å². The molecule has 3 rings (SSSR count). The first-order valence-electron chi connectivity index (χ1n) is 10.2. The maximum atomic E-state index is 6.22. The van der Waals surface area contributed by atoms with E-state index in [-0.39, 0.29) is 0 Å². The van der Waals surface area contributed by atoms with Crippen LogP contribution in [0.2, 0.25) is 0 Å². The lowest BCUT2D eigenvalue weighted by molar-refractivity contribution is -0.0881. The number of hydrogen-bond donors (Lipinski definition) is 0. The summed E-state index contributed by atoms with van der Waals surface area (Å²) in [4.78, 5) is 0. The summed E-state index contributed by atoms with van der Waals surface area (Å²) < 4.78 is 17.7. The van der Waals surface area contributed by atoms with E-state index in [0.717, 1.165) is 29.0 Å². The zero-order valence-electron chi connectivity index (χ0n) is 17.5. The molecule has 3 aromatic rings. The van der Waals surface area contributed by atoms with Gasteiger partial charge in [-0.2, -0.15) is 0 Å². The Hall–Kier alpha value is -2.78. The van der Waals surface area contributed by atoms with Crippen LogP contribution in [0.25, 0.3) is 0 Å². The number of hydrogen-bond acceptors (Lipinski definition) is 3. The van der Waals surface area contributed by atoms with Crippen LogP contribution in [0.3, 0.4) is 0 Å². The molecule has 3 aromatic carbocycles. The molecular weight excluding hydrogens is 360 g/mol. The van der Waals surface area contributed by atoms with Gasteiger partial charge in [0.05, 0.1) is 13.7 Å². The van der Waals surface area contributed by atoms with Crippen LogP contribution in [0.5, 0.6) is 11.5 Å². The average Bonchev–Trinajstić information content (AvgIpc) is 2.78. The third-order valence-electron chi connectivity index (χ3n) is 5.14. The standard InChI is InChI=1S/C26H30O3/c1-4-20(2)23-13-15-24(16-14-23)29-26(28-19-21-9-6-5-7-10-21)18-22-11-8-12-25(17-22)27-3/h5-17,20,26H,4,18-19H2,1-3H3. The summed E-state index contributed by atoms with van der Waals surface area (Å²) in [6.45, 7) is 4.95. The third kappa shape index (κ3) is 6.37. The van der Waals surface area contributed by atoms with Gasteiger partial charge in [0, 0.05) is 6.42 Å². The summed E-state index contributed by atoms with van der Waals surface area (Å²) >= 11 is 0. The molecule has 0 aromatic heterocycles. The molecule has 0 aliphatic heterocycles. The molecule has 0 saturated carbocycles. The topological polar surface area (TPSA) is 27.7 Å². The van der Waals surface area contributed by atoms with Crippen LogP contribution in [0.4, 0.5) is 0 Å². The van der Waals surface area contributed by atoms with Crippen molar-refractivity contribution >= 4 is 0 Å². The van der Waals surface area contributed by atoms with E-state index in [4.69, 9.17) is 14.2 Å². The molecule has 0 aliphatic carbocycles. The zero-order chi connectivity index (χ0) is 20.5. The molecule has 29 heavy (non-hydrogen) atoms. The van der Waals surface area contributed by atoms with Crippen molar-refractivity contribution in [3.05, 3.63) is 95.6 Å². The lowest BCUT2D eigenvalue weighted by atomic mass is 9.99. The van der Waals surface area contributed by atoms with Crippen LogP contribution in [0.1, 0.15) is 42.9 Å². The molecule has 0 heterocycles. The average molecular weight is 391 g/mol. The fraction of sp³-hybridized carbons (Fsp3) is 0.308. The number of methoxy groups -OCH3 is 1. The fourth-order valence-electron chi connectivity index (χ4n) is 3.15. The van der Waals surface area contributed by atoms with E-state index in [9.17, 15) is 0 Å². The summed E-state index contributed by atoms with van der Waals surface area (Å²) in [7, 11) is 1.68. The van der Waals surface area contributed by atoms with Crippen LogP contribution in [0, 0.1) is 0 Å². The van der Waals surface area contributed by atoms with Gasteiger partial charge in [-0.05, 0) is 53.3 Å². The third-order valence-corrected chi connectivity index (χ3v) is 5.14. The predicted molar refractivity (Wildman–Crippen MR) is 117 cm³/mol. The van der Waals surface area contributed by atoms with Crippen molar-refractivity contribution in [1.29, 1.82) is 0 Å². The second-order valence-electron chi connectivity index (χ2n) is 7.28. The molecule has 2 unspecified atom stereocenters. The quantitative estimate of drug-likeness (QED) is 0.376. The van der Waals surface area contributed by atoms with Crippen LogP contribution in [-0.4, -0.2) is 13.4 Å². The molecule has 0 saturated heterocycles. The van der Waals surface area contributed by atoms with Crippen molar-refractivity contribution in [2.24, 2.45) is 0 Å². The van der Waals surface area contributed by atoms with Gasteiger partial charge in [-0.3, -0.25) is 0 Å².